The summed E-state index contributed by atoms with van der Waals surface area (Å²) in [5.74, 6) is 0.169. The molecule has 5 nitrogen and oxygen atoms in total. The van der Waals surface area contributed by atoms with Gasteiger partial charge in [-0.2, -0.15) is 0 Å². The first kappa shape index (κ1) is 23.3. The summed E-state index contributed by atoms with van der Waals surface area (Å²) in [6, 6.07) is 25.9. The summed E-state index contributed by atoms with van der Waals surface area (Å²) >= 11 is 0. The number of aromatic nitrogens is 1. The normalized spacial score (nSPS) is 15.7. The SMILES string of the molecule is O=C(C=CC1CCN(Cc2ccccc2)CC1)c1cn(S(=O)(=O)c2ccccc2)c2ccccc12. The fraction of sp³-hybridized carbons (Fsp3) is 0.207. The minimum atomic E-state index is -3.81. The number of hydrogen-bond donors (Lipinski definition) is 0. The van der Waals surface area contributed by atoms with Crippen LogP contribution >= 0.6 is 0 Å². The Labute approximate surface area is 206 Å². The predicted molar refractivity (Wildman–Crippen MR) is 139 cm³/mol. The van der Waals surface area contributed by atoms with Gasteiger partial charge in [-0.25, -0.2) is 12.4 Å². The van der Waals surface area contributed by atoms with E-state index in [0.717, 1.165) is 32.5 Å². The van der Waals surface area contributed by atoms with Crippen LogP contribution in [-0.4, -0.2) is 36.2 Å². The van der Waals surface area contributed by atoms with E-state index in [1.54, 1.807) is 54.6 Å². The van der Waals surface area contributed by atoms with Gasteiger partial charge in [0, 0.05) is 23.7 Å². The van der Waals surface area contributed by atoms with E-state index in [9.17, 15) is 13.2 Å². The number of benzene rings is 3. The maximum atomic E-state index is 13.3. The zero-order valence-corrected chi connectivity index (χ0v) is 20.3. The average molecular weight is 485 g/mol. The highest BCUT2D eigenvalue weighted by molar-refractivity contribution is 7.90. The van der Waals surface area contributed by atoms with E-state index in [2.05, 4.69) is 29.2 Å². The zero-order chi connectivity index (χ0) is 24.3. The standard InChI is InChI=1S/C29H28N2O3S/c32-29(16-15-23-17-19-30(20-18-23)21-24-9-3-1-4-10-24)27-22-31(28-14-8-7-13-26(27)28)35(33,34)25-11-5-2-6-12-25/h1-16,22-23H,17-21H2. The number of rotatable bonds is 7. The van der Waals surface area contributed by atoms with E-state index in [4.69, 9.17) is 0 Å². The Morgan fingerprint density at radius 2 is 1.49 bits per heavy atom. The Hall–Kier alpha value is -3.48. The number of carbonyl (C=O) groups is 1. The number of nitrogens with zero attached hydrogens (tertiary/aromatic N) is 2. The number of para-hydroxylation sites is 1. The minimum absolute atomic E-state index is 0.171. The number of likely N-dealkylation sites (tertiary alicyclic amines) is 1. The molecule has 35 heavy (non-hydrogen) atoms. The van der Waals surface area contributed by atoms with Crippen LogP contribution in [0.5, 0.6) is 0 Å². The van der Waals surface area contributed by atoms with Gasteiger partial charge in [-0.1, -0.05) is 72.8 Å². The molecule has 0 radical (unpaired) electrons. The quantitative estimate of drug-likeness (QED) is 0.256. The van der Waals surface area contributed by atoms with Crippen LogP contribution < -0.4 is 0 Å². The van der Waals surface area contributed by atoms with Crippen molar-refractivity contribution in [3.8, 4) is 0 Å². The second-order valence-corrected chi connectivity index (χ2v) is 10.8. The summed E-state index contributed by atoms with van der Waals surface area (Å²) in [6.07, 6.45) is 7.09. The van der Waals surface area contributed by atoms with E-state index in [1.165, 1.54) is 15.7 Å². The lowest BCUT2D eigenvalue weighted by Crippen LogP contribution is -2.32. The monoisotopic (exact) mass is 484 g/mol. The van der Waals surface area contributed by atoms with Crippen molar-refractivity contribution < 1.29 is 13.2 Å². The number of hydrogen-bond acceptors (Lipinski definition) is 4. The second kappa shape index (κ2) is 10.0. The van der Waals surface area contributed by atoms with Crippen LogP contribution in [0.3, 0.4) is 0 Å². The Balaban J connectivity index is 1.32. The molecule has 0 aliphatic carbocycles. The molecule has 1 fully saturated rings. The maximum Gasteiger partial charge on any atom is 0.268 e. The number of allylic oxidation sites excluding steroid dienone is 2. The highest BCUT2D eigenvalue weighted by Crippen LogP contribution is 2.27. The second-order valence-electron chi connectivity index (χ2n) is 9.00. The molecule has 5 rings (SSSR count). The van der Waals surface area contributed by atoms with Crippen LogP contribution in [0.4, 0.5) is 0 Å². The van der Waals surface area contributed by atoms with Crippen LogP contribution in [0.15, 0.2) is 108 Å². The molecular formula is C29H28N2O3S. The molecule has 0 amide bonds. The molecular weight excluding hydrogens is 456 g/mol. The fourth-order valence-electron chi connectivity index (χ4n) is 4.71. The minimum Gasteiger partial charge on any atom is -0.299 e. The third-order valence-electron chi connectivity index (χ3n) is 6.64. The summed E-state index contributed by atoms with van der Waals surface area (Å²) in [7, 11) is -3.81. The van der Waals surface area contributed by atoms with Crippen molar-refractivity contribution in [3.05, 3.63) is 114 Å². The van der Waals surface area contributed by atoms with Crippen molar-refractivity contribution in [2.24, 2.45) is 5.92 Å². The molecule has 0 spiro atoms. The third-order valence-corrected chi connectivity index (χ3v) is 8.33. The Bertz CT molecular complexity index is 1450. The third kappa shape index (κ3) is 4.99. The number of fused-ring (bicyclic) bond motifs is 1. The summed E-state index contributed by atoms with van der Waals surface area (Å²) < 4.78 is 27.8. The molecule has 2 heterocycles. The van der Waals surface area contributed by atoms with Gasteiger partial charge in [0.25, 0.3) is 10.0 Å². The van der Waals surface area contributed by atoms with Crippen molar-refractivity contribution in [3.63, 3.8) is 0 Å². The first-order valence-electron chi connectivity index (χ1n) is 11.9. The Morgan fingerprint density at radius 3 is 2.20 bits per heavy atom. The Kier molecular flexibility index (Phi) is 6.66. The van der Waals surface area contributed by atoms with E-state index in [1.807, 2.05) is 18.2 Å². The van der Waals surface area contributed by atoms with Gasteiger partial charge in [0.05, 0.1) is 10.4 Å². The number of piperidine rings is 1. The topological polar surface area (TPSA) is 59.4 Å². The first-order valence-corrected chi connectivity index (χ1v) is 13.4. The van der Waals surface area contributed by atoms with Crippen LogP contribution in [-0.2, 0) is 16.6 Å². The van der Waals surface area contributed by atoms with E-state index < -0.39 is 10.0 Å². The largest absolute Gasteiger partial charge is 0.299 e. The molecule has 1 aromatic heterocycles. The lowest BCUT2D eigenvalue weighted by atomic mass is 9.95. The molecule has 178 valence electrons. The van der Waals surface area contributed by atoms with Crippen LogP contribution in [0, 0.1) is 5.92 Å². The average Bonchev–Trinajstić information content (AvgIpc) is 3.30. The van der Waals surface area contributed by atoms with E-state index in [-0.39, 0.29) is 10.7 Å². The molecule has 1 aliphatic heterocycles. The zero-order valence-electron chi connectivity index (χ0n) is 19.5. The lowest BCUT2D eigenvalue weighted by molar-refractivity contribution is 0.104. The molecule has 0 unspecified atom stereocenters. The Morgan fingerprint density at radius 1 is 0.857 bits per heavy atom. The highest BCUT2D eigenvalue weighted by atomic mass is 32.2. The van der Waals surface area contributed by atoms with Gasteiger partial charge >= 0.3 is 0 Å². The van der Waals surface area contributed by atoms with E-state index in [0.29, 0.717) is 22.4 Å². The maximum absolute atomic E-state index is 13.3. The van der Waals surface area contributed by atoms with Gasteiger partial charge in [0.2, 0.25) is 0 Å². The molecule has 0 N–H and O–H groups in total. The van der Waals surface area contributed by atoms with Crippen molar-refractivity contribution in [2.75, 3.05) is 13.1 Å². The van der Waals surface area contributed by atoms with Crippen molar-refractivity contribution in [1.82, 2.24) is 8.87 Å². The van der Waals surface area contributed by atoms with Crippen LogP contribution in [0.2, 0.25) is 0 Å². The summed E-state index contributed by atoms with van der Waals surface area (Å²) in [5, 5.41) is 0.638. The number of carbonyl (C=O) groups excluding carboxylic acids is 1. The lowest BCUT2D eigenvalue weighted by Gasteiger charge is -2.30. The van der Waals surface area contributed by atoms with Gasteiger partial charge < -0.3 is 0 Å². The number of ketones is 1. The van der Waals surface area contributed by atoms with Gasteiger partial charge in [-0.15, -0.1) is 0 Å². The molecule has 3 aromatic carbocycles. The predicted octanol–water partition coefficient (Wildman–Crippen LogP) is 5.53. The smallest absolute Gasteiger partial charge is 0.268 e. The molecule has 6 heteroatoms. The molecule has 0 saturated carbocycles. The van der Waals surface area contributed by atoms with Crippen LogP contribution in [0.1, 0.15) is 28.8 Å². The van der Waals surface area contributed by atoms with E-state index >= 15 is 0 Å². The molecule has 0 bridgehead atoms. The fourth-order valence-corrected chi connectivity index (χ4v) is 6.10. The molecule has 0 atom stereocenters. The van der Waals surface area contributed by atoms with Crippen molar-refractivity contribution >= 4 is 26.7 Å². The molecule has 1 aliphatic rings. The molecule has 1 saturated heterocycles. The van der Waals surface area contributed by atoms with Crippen LogP contribution in [0.25, 0.3) is 10.9 Å². The summed E-state index contributed by atoms with van der Waals surface area (Å²) in [6.45, 7) is 2.94. The summed E-state index contributed by atoms with van der Waals surface area (Å²) in [4.78, 5) is 15.8. The highest BCUT2D eigenvalue weighted by Gasteiger charge is 2.23. The van der Waals surface area contributed by atoms with Gasteiger partial charge in [-0.3, -0.25) is 9.69 Å². The van der Waals surface area contributed by atoms with Gasteiger partial charge in [-0.05, 0) is 61.7 Å². The summed E-state index contributed by atoms with van der Waals surface area (Å²) in [5.41, 5.74) is 2.22. The first-order chi connectivity index (χ1) is 17.0. The molecule has 4 aromatic rings. The van der Waals surface area contributed by atoms with Gasteiger partial charge in [0.15, 0.2) is 5.78 Å². The van der Waals surface area contributed by atoms with Crippen molar-refractivity contribution in [2.45, 2.75) is 24.3 Å². The van der Waals surface area contributed by atoms with Crippen molar-refractivity contribution in [1.29, 1.82) is 0 Å². The van der Waals surface area contributed by atoms with Gasteiger partial charge in [0.1, 0.15) is 0 Å².